The Balaban J connectivity index is 0.000000251. The molecule has 4 rings (SSSR count). The van der Waals surface area contributed by atoms with Crippen molar-refractivity contribution in [1.29, 1.82) is 0 Å². The average Bonchev–Trinajstić information content (AvgIpc) is 3.01. The van der Waals surface area contributed by atoms with E-state index in [1.165, 1.54) is 6.42 Å². The predicted molar refractivity (Wildman–Crippen MR) is 176 cm³/mol. The van der Waals surface area contributed by atoms with Crippen LogP contribution in [-0.4, -0.2) is 64.3 Å². The van der Waals surface area contributed by atoms with Crippen molar-refractivity contribution in [3.05, 3.63) is 71.8 Å². The molecule has 0 spiro atoms. The molecule has 2 aliphatic heterocycles. The lowest BCUT2D eigenvalue weighted by atomic mass is 10.00. The van der Waals surface area contributed by atoms with Gasteiger partial charge in [0.25, 0.3) is 0 Å². The van der Waals surface area contributed by atoms with Crippen LogP contribution in [0.25, 0.3) is 0 Å². The molecule has 2 amide bonds. The smallest absolute Gasteiger partial charge is 0.410 e. The summed E-state index contributed by atoms with van der Waals surface area (Å²) < 4.78 is 11.7. The minimum atomic E-state index is -0.281. The van der Waals surface area contributed by atoms with E-state index in [0.29, 0.717) is 25.7 Å². The fraction of sp³-hybridized carbons (Fsp3) is 0.500. The van der Waals surface area contributed by atoms with Gasteiger partial charge in [0, 0.05) is 74.4 Å². The molecule has 10 heteroatoms. The normalized spacial score (nSPS) is 18.7. The number of aliphatic hydroxyl groups is 1. The van der Waals surface area contributed by atoms with E-state index in [4.69, 9.17) is 14.6 Å². The van der Waals surface area contributed by atoms with Crippen LogP contribution in [0.2, 0.25) is 0 Å². The maximum Gasteiger partial charge on any atom is 0.410 e. The fourth-order valence-corrected chi connectivity index (χ4v) is 5.08. The van der Waals surface area contributed by atoms with Crippen molar-refractivity contribution < 1.29 is 24.2 Å². The van der Waals surface area contributed by atoms with Crippen LogP contribution < -0.4 is 0 Å². The van der Waals surface area contributed by atoms with Crippen LogP contribution in [-0.2, 0) is 22.7 Å². The Morgan fingerprint density at radius 3 is 1.61 bits per heavy atom. The van der Waals surface area contributed by atoms with Gasteiger partial charge >= 0.3 is 12.2 Å². The van der Waals surface area contributed by atoms with Gasteiger partial charge in [0.05, 0.1) is 0 Å². The zero-order valence-electron chi connectivity index (χ0n) is 21.5. The summed E-state index contributed by atoms with van der Waals surface area (Å²) in [5, 5.41) is 9.12. The third-order valence-electron chi connectivity index (χ3n) is 6.44. The third-order valence-corrected chi connectivity index (χ3v) is 7.69. The predicted octanol–water partition coefficient (Wildman–Crippen LogP) is 7.27. The van der Waals surface area contributed by atoms with Gasteiger partial charge in [-0.3, -0.25) is 0 Å². The summed E-state index contributed by atoms with van der Waals surface area (Å²) in [5.74, 6) is 0.826. The molecule has 2 saturated heterocycles. The van der Waals surface area contributed by atoms with Gasteiger partial charge in [-0.25, -0.2) is 9.59 Å². The zero-order chi connectivity index (χ0) is 27.6. The van der Waals surface area contributed by atoms with E-state index >= 15 is 0 Å². The standard InChI is InChI=1S/C14H18INO2.C14H19NO3.I2/c15-9-13-7-4-8-16(10-13)14(17)18-11-12-5-2-1-3-6-12;16-10-13-7-4-8-15(9-13)14(17)18-11-12-5-2-1-3-6-12;1-2/h1-3,5-6,13H,4,7-11H2;1-3,5-6,13,16H,4,7-11H2;. The molecule has 38 heavy (non-hydrogen) atoms. The number of halogens is 3. The molecule has 0 bridgehead atoms. The van der Waals surface area contributed by atoms with Crippen LogP contribution in [0.1, 0.15) is 36.8 Å². The number of aliphatic hydroxyl groups excluding tert-OH is 1. The Bertz CT molecular complexity index is 848. The van der Waals surface area contributed by atoms with Crippen LogP contribution in [0.15, 0.2) is 60.7 Å². The number of amides is 2. The summed E-state index contributed by atoms with van der Waals surface area (Å²) in [6.07, 6.45) is 3.79. The lowest BCUT2D eigenvalue weighted by Gasteiger charge is -2.31. The number of alkyl halides is 1. The molecule has 2 aromatic rings. The van der Waals surface area contributed by atoms with Crippen molar-refractivity contribution in [2.24, 2.45) is 11.8 Å². The van der Waals surface area contributed by atoms with Gasteiger partial charge in [-0.2, -0.15) is 0 Å². The number of carbonyl (C=O) groups excluding carboxylic acids is 2. The van der Waals surface area contributed by atoms with E-state index in [-0.39, 0.29) is 24.7 Å². The molecule has 0 radical (unpaired) electrons. The largest absolute Gasteiger partial charge is 0.445 e. The molecule has 0 aliphatic carbocycles. The molecule has 1 N–H and O–H groups in total. The molecule has 210 valence electrons. The number of nitrogens with zero attached hydrogens (tertiary/aromatic N) is 2. The Hall–Kier alpha value is -0.870. The van der Waals surface area contributed by atoms with Crippen molar-refractivity contribution in [2.75, 3.05) is 37.2 Å². The number of hydrogen-bond acceptors (Lipinski definition) is 5. The van der Waals surface area contributed by atoms with Gasteiger partial charge in [-0.05, 0) is 48.6 Å². The summed E-state index contributed by atoms with van der Waals surface area (Å²) in [6, 6.07) is 19.4. The summed E-state index contributed by atoms with van der Waals surface area (Å²) in [7, 11) is 0. The van der Waals surface area contributed by atoms with Crippen molar-refractivity contribution in [3.63, 3.8) is 0 Å². The molecule has 2 atom stereocenters. The molecular formula is C28H37I3N2O5. The first kappa shape index (κ1) is 33.3. The van der Waals surface area contributed by atoms with Gasteiger partial charge in [0.15, 0.2) is 0 Å². The third kappa shape index (κ3) is 12.5. The van der Waals surface area contributed by atoms with Gasteiger partial charge in [-0.1, -0.05) is 83.3 Å². The van der Waals surface area contributed by atoms with Crippen LogP contribution in [0, 0.1) is 11.8 Å². The Labute approximate surface area is 263 Å². The molecule has 2 unspecified atom stereocenters. The van der Waals surface area contributed by atoms with Crippen LogP contribution in [0.3, 0.4) is 0 Å². The van der Waals surface area contributed by atoms with Crippen LogP contribution >= 0.6 is 59.8 Å². The summed E-state index contributed by atoms with van der Waals surface area (Å²) in [6.45, 7) is 3.82. The Morgan fingerprint density at radius 1 is 0.763 bits per heavy atom. The van der Waals surface area contributed by atoms with Gasteiger partial charge in [-0.15, -0.1) is 0 Å². The Kier molecular flexibility index (Phi) is 17.6. The van der Waals surface area contributed by atoms with E-state index in [2.05, 4.69) is 59.8 Å². The van der Waals surface area contributed by atoms with Gasteiger partial charge in [0.2, 0.25) is 0 Å². The highest BCUT2D eigenvalue weighted by Crippen LogP contribution is 2.19. The van der Waals surface area contributed by atoms with Crippen molar-refractivity contribution in [1.82, 2.24) is 9.80 Å². The first-order valence-corrected chi connectivity index (χ1v) is 20.6. The highest BCUT2D eigenvalue weighted by atomic mass is 128. The second kappa shape index (κ2) is 20.1. The minimum Gasteiger partial charge on any atom is -0.445 e. The molecular weight excluding hydrogens is 825 g/mol. The van der Waals surface area contributed by atoms with Gasteiger partial charge in [0.1, 0.15) is 13.2 Å². The molecule has 2 heterocycles. The zero-order valence-corrected chi connectivity index (χ0v) is 28.0. The molecule has 2 aliphatic rings. The van der Waals surface area contributed by atoms with Crippen molar-refractivity contribution in [2.45, 2.75) is 38.9 Å². The molecule has 0 aromatic heterocycles. The number of ether oxygens (including phenoxy) is 2. The molecule has 2 aromatic carbocycles. The van der Waals surface area contributed by atoms with E-state index < -0.39 is 0 Å². The van der Waals surface area contributed by atoms with E-state index in [0.717, 1.165) is 54.5 Å². The highest BCUT2D eigenvalue weighted by Gasteiger charge is 2.25. The average molecular weight is 862 g/mol. The Morgan fingerprint density at radius 2 is 1.18 bits per heavy atom. The summed E-state index contributed by atoms with van der Waals surface area (Å²) in [4.78, 5) is 27.3. The van der Waals surface area contributed by atoms with E-state index in [1.807, 2.05) is 65.6 Å². The maximum absolute atomic E-state index is 11.9. The first-order valence-electron chi connectivity index (χ1n) is 12.8. The maximum atomic E-state index is 11.9. The minimum absolute atomic E-state index is 0.141. The van der Waals surface area contributed by atoms with Crippen LogP contribution in [0.4, 0.5) is 9.59 Å². The van der Waals surface area contributed by atoms with E-state index in [9.17, 15) is 9.59 Å². The first-order chi connectivity index (χ1) is 18.6. The van der Waals surface area contributed by atoms with Gasteiger partial charge < -0.3 is 24.4 Å². The van der Waals surface area contributed by atoms with Crippen molar-refractivity contribution in [3.8, 4) is 0 Å². The second-order valence-electron chi connectivity index (χ2n) is 9.33. The fourth-order valence-electron chi connectivity index (χ4n) is 4.36. The molecule has 2 fully saturated rings. The topological polar surface area (TPSA) is 79.3 Å². The number of benzene rings is 2. The summed E-state index contributed by atoms with van der Waals surface area (Å²) in [5.41, 5.74) is 2.02. The number of hydrogen-bond donors (Lipinski definition) is 1. The second-order valence-corrected chi connectivity index (χ2v) is 10.2. The van der Waals surface area contributed by atoms with E-state index in [1.54, 1.807) is 4.90 Å². The number of piperidine rings is 2. The lowest BCUT2D eigenvalue weighted by Crippen LogP contribution is -2.41. The molecule has 7 nitrogen and oxygen atoms in total. The molecule has 0 saturated carbocycles. The number of rotatable bonds is 6. The number of likely N-dealkylation sites (tertiary alicyclic amines) is 2. The lowest BCUT2D eigenvalue weighted by molar-refractivity contribution is 0.0686. The quantitative estimate of drug-likeness (QED) is 0.245. The summed E-state index contributed by atoms with van der Waals surface area (Å²) >= 11 is 6.63. The van der Waals surface area contributed by atoms with Crippen LogP contribution in [0.5, 0.6) is 0 Å². The highest BCUT2D eigenvalue weighted by molar-refractivity contribution is 15.0. The number of carbonyl (C=O) groups is 2. The van der Waals surface area contributed by atoms with Crippen molar-refractivity contribution >= 4 is 72.0 Å². The SMILES string of the molecule is II.O=C(OCc1ccccc1)N1CCCC(CI)C1.O=C(OCc1ccccc1)N1CCCC(CO)C1. The monoisotopic (exact) mass is 862 g/mol.